The van der Waals surface area contributed by atoms with E-state index in [1.807, 2.05) is 18.4 Å². The average Bonchev–Trinajstić information content (AvgIpc) is 2.76. The Balaban J connectivity index is 2.13. The summed E-state index contributed by atoms with van der Waals surface area (Å²) in [5, 5.41) is 12.4. The Kier molecular flexibility index (Phi) is 3.53. The molecule has 0 aliphatic rings. The zero-order chi connectivity index (χ0) is 13.1. The second-order valence-corrected chi connectivity index (χ2v) is 4.87. The molecule has 4 nitrogen and oxygen atoms in total. The van der Waals surface area contributed by atoms with Crippen molar-refractivity contribution in [3.05, 3.63) is 61.8 Å². The first-order chi connectivity index (χ1) is 8.58. The number of aryl methyl sites for hydroxylation is 1. The third-order valence-electron chi connectivity index (χ3n) is 2.63. The standard InChI is InChI=1S/C13H11NO3S/c1-9-6-7-18-13(9)12(15)8-10-2-4-11(5-3-10)14(16)17/h2-7H,8H2,1H3. The highest BCUT2D eigenvalue weighted by Crippen LogP contribution is 2.19. The van der Waals surface area contributed by atoms with Gasteiger partial charge in [-0.2, -0.15) is 0 Å². The lowest BCUT2D eigenvalue weighted by molar-refractivity contribution is -0.384. The molecular formula is C13H11NO3S. The van der Waals surface area contributed by atoms with Gasteiger partial charge >= 0.3 is 0 Å². The molecular weight excluding hydrogens is 250 g/mol. The Morgan fingerprint density at radius 1 is 1.28 bits per heavy atom. The van der Waals surface area contributed by atoms with Gasteiger partial charge in [0.2, 0.25) is 0 Å². The summed E-state index contributed by atoms with van der Waals surface area (Å²) in [7, 11) is 0. The van der Waals surface area contributed by atoms with Crippen molar-refractivity contribution in [1.29, 1.82) is 0 Å². The van der Waals surface area contributed by atoms with Gasteiger partial charge in [0.05, 0.1) is 9.80 Å². The Morgan fingerprint density at radius 3 is 2.44 bits per heavy atom. The number of hydrogen-bond donors (Lipinski definition) is 0. The molecule has 1 heterocycles. The molecule has 0 N–H and O–H groups in total. The molecule has 1 aromatic carbocycles. The normalized spacial score (nSPS) is 10.3. The lowest BCUT2D eigenvalue weighted by atomic mass is 10.1. The van der Waals surface area contributed by atoms with Crippen molar-refractivity contribution in [1.82, 2.24) is 0 Å². The molecule has 0 amide bonds. The average molecular weight is 261 g/mol. The Bertz CT molecular complexity index is 587. The van der Waals surface area contributed by atoms with Gasteiger partial charge in [0.1, 0.15) is 0 Å². The molecule has 0 spiro atoms. The molecule has 0 saturated heterocycles. The molecule has 0 unspecified atom stereocenters. The van der Waals surface area contributed by atoms with E-state index < -0.39 is 4.92 Å². The Morgan fingerprint density at radius 2 is 1.94 bits per heavy atom. The van der Waals surface area contributed by atoms with Crippen LogP contribution in [0.25, 0.3) is 0 Å². The Labute approximate surface area is 108 Å². The minimum Gasteiger partial charge on any atom is -0.293 e. The zero-order valence-corrected chi connectivity index (χ0v) is 10.6. The maximum atomic E-state index is 12.0. The minimum atomic E-state index is -0.449. The monoisotopic (exact) mass is 261 g/mol. The van der Waals surface area contributed by atoms with E-state index in [1.165, 1.54) is 23.5 Å². The second kappa shape index (κ2) is 5.10. The SMILES string of the molecule is Cc1ccsc1C(=O)Cc1ccc([N+](=O)[O-])cc1. The van der Waals surface area contributed by atoms with E-state index in [0.29, 0.717) is 0 Å². The summed E-state index contributed by atoms with van der Waals surface area (Å²) in [4.78, 5) is 22.8. The molecule has 2 aromatic rings. The molecule has 0 atom stereocenters. The van der Waals surface area contributed by atoms with E-state index >= 15 is 0 Å². The fourth-order valence-electron chi connectivity index (χ4n) is 1.66. The van der Waals surface area contributed by atoms with Gasteiger partial charge in [-0.3, -0.25) is 14.9 Å². The van der Waals surface area contributed by atoms with Crippen molar-refractivity contribution in [3.8, 4) is 0 Å². The summed E-state index contributed by atoms with van der Waals surface area (Å²) in [6, 6.07) is 8.00. The van der Waals surface area contributed by atoms with Crippen molar-refractivity contribution in [2.24, 2.45) is 0 Å². The fraction of sp³-hybridized carbons (Fsp3) is 0.154. The van der Waals surface area contributed by atoms with Gasteiger partial charge in [-0.25, -0.2) is 0 Å². The number of non-ortho nitro benzene ring substituents is 1. The van der Waals surface area contributed by atoms with Crippen molar-refractivity contribution in [3.63, 3.8) is 0 Å². The molecule has 0 aliphatic heterocycles. The maximum absolute atomic E-state index is 12.0. The predicted octanol–water partition coefficient (Wildman–Crippen LogP) is 3.39. The summed E-state index contributed by atoms with van der Waals surface area (Å²) in [6.45, 7) is 1.90. The molecule has 2 rings (SSSR count). The highest BCUT2D eigenvalue weighted by molar-refractivity contribution is 7.12. The van der Waals surface area contributed by atoms with E-state index in [2.05, 4.69) is 0 Å². The van der Waals surface area contributed by atoms with Gasteiger partial charge in [0.25, 0.3) is 5.69 Å². The summed E-state index contributed by atoms with van der Waals surface area (Å²) < 4.78 is 0. The fourth-order valence-corrected chi connectivity index (χ4v) is 2.53. The number of nitro benzene ring substituents is 1. The topological polar surface area (TPSA) is 60.2 Å². The Hall–Kier alpha value is -2.01. The van der Waals surface area contributed by atoms with Crippen LogP contribution >= 0.6 is 11.3 Å². The van der Waals surface area contributed by atoms with Gasteiger partial charge in [-0.05, 0) is 29.5 Å². The number of rotatable bonds is 4. The molecule has 5 heteroatoms. The van der Waals surface area contributed by atoms with Gasteiger partial charge in [-0.15, -0.1) is 11.3 Å². The van der Waals surface area contributed by atoms with E-state index in [0.717, 1.165) is 16.0 Å². The number of carbonyl (C=O) groups is 1. The van der Waals surface area contributed by atoms with Crippen LogP contribution < -0.4 is 0 Å². The largest absolute Gasteiger partial charge is 0.293 e. The molecule has 0 bridgehead atoms. The van der Waals surface area contributed by atoms with Gasteiger partial charge in [-0.1, -0.05) is 12.1 Å². The van der Waals surface area contributed by atoms with Crippen LogP contribution in [0, 0.1) is 17.0 Å². The van der Waals surface area contributed by atoms with Crippen LogP contribution in [0.2, 0.25) is 0 Å². The molecule has 0 fully saturated rings. The molecule has 0 saturated carbocycles. The molecule has 0 radical (unpaired) electrons. The smallest absolute Gasteiger partial charge is 0.269 e. The molecule has 1 aromatic heterocycles. The number of Topliss-reactive ketones (excluding diaryl/α,β-unsaturated/α-hetero) is 1. The van der Waals surface area contributed by atoms with Crippen LogP contribution in [0.5, 0.6) is 0 Å². The van der Waals surface area contributed by atoms with Crippen LogP contribution in [0.3, 0.4) is 0 Å². The first-order valence-electron chi connectivity index (χ1n) is 5.38. The van der Waals surface area contributed by atoms with E-state index in [9.17, 15) is 14.9 Å². The molecule has 18 heavy (non-hydrogen) atoms. The van der Waals surface area contributed by atoms with E-state index in [1.54, 1.807) is 12.1 Å². The van der Waals surface area contributed by atoms with Crippen molar-refractivity contribution >= 4 is 22.8 Å². The van der Waals surface area contributed by atoms with Crippen molar-refractivity contribution < 1.29 is 9.72 Å². The zero-order valence-electron chi connectivity index (χ0n) is 9.75. The van der Waals surface area contributed by atoms with Crippen LogP contribution in [0.4, 0.5) is 5.69 Å². The van der Waals surface area contributed by atoms with E-state index in [-0.39, 0.29) is 17.9 Å². The third kappa shape index (κ3) is 2.62. The summed E-state index contributed by atoms with van der Waals surface area (Å²) >= 11 is 1.43. The second-order valence-electron chi connectivity index (χ2n) is 3.96. The molecule has 0 aliphatic carbocycles. The quantitative estimate of drug-likeness (QED) is 0.481. The van der Waals surface area contributed by atoms with Gasteiger partial charge in [0, 0.05) is 18.6 Å². The van der Waals surface area contributed by atoms with E-state index in [4.69, 9.17) is 0 Å². The number of carbonyl (C=O) groups excluding carboxylic acids is 1. The van der Waals surface area contributed by atoms with Gasteiger partial charge < -0.3 is 0 Å². The number of nitro groups is 1. The summed E-state index contributed by atoms with van der Waals surface area (Å²) in [6.07, 6.45) is 0.277. The summed E-state index contributed by atoms with van der Waals surface area (Å²) in [5.41, 5.74) is 1.81. The van der Waals surface area contributed by atoms with Crippen LogP contribution in [-0.2, 0) is 6.42 Å². The highest BCUT2D eigenvalue weighted by Gasteiger charge is 2.12. The first kappa shape index (κ1) is 12.4. The lowest BCUT2D eigenvalue weighted by Crippen LogP contribution is -2.02. The summed E-state index contributed by atoms with van der Waals surface area (Å²) in [5.74, 6) is 0.0522. The predicted molar refractivity (Wildman–Crippen MR) is 70.2 cm³/mol. The maximum Gasteiger partial charge on any atom is 0.269 e. The molecule has 92 valence electrons. The van der Waals surface area contributed by atoms with Gasteiger partial charge in [0.15, 0.2) is 5.78 Å². The lowest BCUT2D eigenvalue weighted by Gasteiger charge is -2.00. The number of ketones is 1. The van der Waals surface area contributed by atoms with Crippen LogP contribution in [0.15, 0.2) is 35.7 Å². The van der Waals surface area contributed by atoms with Crippen LogP contribution in [0.1, 0.15) is 20.8 Å². The third-order valence-corrected chi connectivity index (χ3v) is 3.68. The van der Waals surface area contributed by atoms with Crippen molar-refractivity contribution in [2.75, 3.05) is 0 Å². The minimum absolute atomic E-state index is 0.0403. The highest BCUT2D eigenvalue weighted by atomic mass is 32.1. The number of thiophene rings is 1. The number of benzene rings is 1. The first-order valence-corrected chi connectivity index (χ1v) is 6.26. The van der Waals surface area contributed by atoms with Crippen molar-refractivity contribution in [2.45, 2.75) is 13.3 Å². The number of hydrogen-bond acceptors (Lipinski definition) is 4. The van der Waals surface area contributed by atoms with Crippen LogP contribution in [-0.4, -0.2) is 10.7 Å². The number of nitrogens with zero attached hydrogens (tertiary/aromatic N) is 1.